The van der Waals surface area contributed by atoms with E-state index in [1.165, 1.54) is 0 Å². The van der Waals surface area contributed by atoms with E-state index >= 15 is 0 Å². The zero-order chi connectivity index (χ0) is 13.1. The van der Waals surface area contributed by atoms with Crippen molar-refractivity contribution in [1.29, 1.82) is 0 Å². The summed E-state index contributed by atoms with van der Waals surface area (Å²) in [7, 11) is 0. The van der Waals surface area contributed by atoms with Crippen LogP contribution in [0, 0.1) is 0 Å². The van der Waals surface area contributed by atoms with Crippen LogP contribution in [-0.2, 0) is 4.74 Å². The third-order valence-electron chi connectivity index (χ3n) is 2.99. The van der Waals surface area contributed by atoms with Crippen LogP contribution in [0.2, 0.25) is 5.02 Å². The normalized spacial score (nSPS) is 20.6. The third kappa shape index (κ3) is 2.94. The van der Waals surface area contributed by atoms with Crippen LogP contribution < -0.4 is 5.73 Å². The SMILES string of the molecule is CC1CN(C(=O)c2cc(Cl)ccc2N)CCCO1. The molecule has 1 aliphatic rings. The molecule has 1 unspecified atom stereocenters. The lowest BCUT2D eigenvalue weighted by molar-refractivity contribution is 0.0563. The van der Waals surface area contributed by atoms with Gasteiger partial charge in [0.15, 0.2) is 0 Å². The van der Waals surface area contributed by atoms with Crippen molar-refractivity contribution in [2.24, 2.45) is 0 Å². The van der Waals surface area contributed by atoms with Gasteiger partial charge in [-0.2, -0.15) is 0 Å². The van der Waals surface area contributed by atoms with Gasteiger partial charge in [0.1, 0.15) is 0 Å². The van der Waals surface area contributed by atoms with Gasteiger partial charge in [0.25, 0.3) is 5.91 Å². The number of anilines is 1. The molecule has 0 aliphatic carbocycles. The summed E-state index contributed by atoms with van der Waals surface area (Å²) in [5.74, 6) is -0.0765. The van der Waals surface area contributed by atoms with Gasteiger partial charge in [-0.1, -0.05) is 11.6 Å². The van der Waals surface area contributed by atoms with Gasteiger partial charge in [-0.15, -0.1) is 0 Å². The number of nitrogen functional groups attached to an aromatic ring is 1. The van der Waals surface area contributed by atoms with Gasteiger partial charge in [0, 0.05) is 30.4 Å². The molecule has 5 heteroatoms. The van der Waals surface area contributed by atoms with Gasteiger partial charge >= 0.3 is 0 Å². The highest BCUT2D eigenvalue weighted by Gasteiger charge is 2.22. The lowest BCUT2D eigenvalue weighted by atomic mass is 10.1. The highest BCUT2D eigenvalue weighted by Crippen LogP contribution is 2.20. The van der Waals surface area contributed by atoms with Crippen LogP contribution in [-0.4, -0.2) is 36.6 Å². The molecule has 2 rings (SSSR count). The summed E-state index contributed by atoms with van der Waals surface area (Å²) in [4.78, 5) is 14.2. The number of benzene rings is 1. The van der Waals surface area contributed by atoms with Crippen molar-refractivity contribution in [2.45, 2.75) is 19.4 Å². The number of carbonyl (C=O) groups is 1. The molecule has 1 saturated heterocycles. The number of hydrogen-bond acceptors (Lipinski definition) is 3. The highest BCUT2D eigenvalue weighted by molar-refractivity contribution is 6.31. The Kier molecular flexibility index (Phi) is 4.09. The summed E-state index contributed by atoms with van der Waals surface area (Å²) in [6.45, 7) is 3.93. The predicted molar refractivity (Wildman–Crippen MR) is 71.8 cm³/mol. The van der Waals surface area contributed by atoms with E-state index in [0.717, 1.165) is 6.42 Å². The molecule has 0 spiro atoms. The average molecular weight is 269 g/mol. The monoisotopic (exact) mass is 268 g/mol. The van der Waals surface area contributed by atoms with Crippen molar-refractivity contribution in [2.75, 3.05) is 25.4 Å². The van der Waals surface area contributed by atoms with Crippen LogP contribution in [0.1, 0.15) is 23.7 Å². The predicted octanol–water partition coefficient (Wildman–Crippen LogP) is 2.17. The number of amides is 1. The minimum absolute atomic E-state index is 0.0526. The number of hydrogen-bond donors (Lipinski definition) is 1. The van der Waals surface area contributed by atoms with Crippen molar-refractivity contribution >= 4 is 23.2 Å². The first-order valence-electron chi connectivity index (χ1n) is 6.04. The van der Waals surface area contributed by atoms with Gasteiger partial charge < -0.3 is 15.4 Å². The molecule has 0 aromatic heterocycles. The summed E-state index contributed by atoms with van der Waals surface area (Å²) in [6.07, 6.45) is 0.896. The molecule has 0 bridgehead atoms. The van der Waals surface area contributed by atoms with Gasteiger partial charge in [0.2, 0.25) is 0 Å². The molecule has 0 saturated carbocycles. The number of nitrogens with zero attached hydrogens (tertiary/aromatic N) is 1. The second-order valence-corrected chi connectivity index (χ2v) is 4.95. The van der Waals surface area contributed by atoms with Crippen molar-refractivity contribution < 1.29 is 9.53 Å². The Morgan fingerprint density at radius 3 is 3.11 bits per heavy atom. The van der Waals surface area contributed by atoms with E-state index in [-0.39, 0.29) is 12.0 Å². The smallest absolute Gasteiger partial charge is 0.256 e. The summed E-state index contributed by atoms with van der Waals surface area (Å²) in [5.41, 5.74) is 6.76. The molecule has 1 fully saturated rings. The summed E-state index contributed by atoms with van der Waals surface area (Å²) >= 11 is 5.91. The number of carbonyl (C=O) groups excluding carboxylic acids is 1. The number of ether oxygens (including phenoxy) is 1. The van der Waals surface area contributed by atoms with E-state index < -0.39 is 0 Å². The largest absolute Gasteiger partial charge is 0.398 e. The van der Waals surface area contributed by atoms with Crippen LogP contribution >= 0.6 is 11.6 Å². The van der Waals surface area contributed by atoms with E-state index in [9.17, 15) is 4.79 Å². The van der Waals surface area contributed by atoms with E-state index in [0.29, 0.717) is 36.0 Å². The molecule has 2 N–H and O–H groups in total. The van der Waals surface area contributed by atoms with Crippen molar-refractivity contribution in [1.82, 2.24) is 4.90 Å². The van der Waals surface area contributed by atoms with Crippen LogP contribution in [0.3, 0.4) is 0 Å². The maximum Gasteiger partial charge on any atom is 0.256 e. The number of rotatable bonds is 1. The van der Waals surface area contributed by atoms with Crippen LogP contribution in [0.15, 0.2) is 18.2 Å². The molecule has 1 aromatic carbocycles. The second-order valence-electron chi connectivity index (χ2n) is 4.52. The minimum Gasteiger partial charge on any atom is -0.398 e. The van der Waals surface area contributed by atoms with Crippen LogP contribution in [0.5, 0.6) is 0 Å². The molecule has 98 valence electrons. The van der Waals surface area contributed by atoms with E-state index in [1.54, 1.807) is 23.1 Å². The second kappa shape index (κ2) is 5.59. The Labute approximate surface area is 112 Å². The zero-order valence-corrected chi connectivity index (χ0v) is 11.1. The van der Waals surface area contributed by atoms with Crippen LogP contribution in [0.4, 0.5) is 5.69 Å². The molecule has 4 nitrogen and oxygen atoms in total. The molecule has 1 amide bonds. The average Bonchev–Trinajstić information content (AvgIpc) is 2.56. The number of nitrogens with two attached hydrogens (primary N) is 1. The fourth-order valence-electron chi connectivity index (χ4n) is 2.06. The lowest BCUT2D eigenvalue weighted by Crippen LogP contribution is -2.36. The van der Waals surface area contributed by atoms with Gasteiger partial charge in [-0.3, -0.25) is 4.79 Å². The molecule has 1 atom stereocenters. The maximum atomic E-state index is 12.4. The molecule has 18 heavy (non-hydrogen) atoms. The lowest BCUT2D eigenvalue weighted by Gasteiger charge is -2.22. The zero-order valence-electron chi connectivity index (χ0n) is 10.4. The third-order valence-corrected chi connectivity index (χ3v) is 3.22. The maximum absolute atomic E-state index is 12.4. The molecular weight excluding hydrogens is 252 g/mol. The Balaban J connectivity index is 2.21. The summed E-state index contributed by atoms with van der Waals surface area (Å²) in [5, 5.41) is 0.520. The Morgan fingerprint density at radius 2 is 2.33 bits per heavy atom. The molecule has 0 radical (unpaired) electrons. The van der Waals surface area contributed by atoms with E-state index in [4.69, 9.17) is 22.1 Å². The fraction of sp³-hybridized carbons (Fsp3) is 0.462. The Bertz CT molecular complexity index is 451. The molecule has 1 aromatic rings. The van der Waals surface area contributed by atoms with Gasteiger partial charge in [-0.25, -0.2) is 0 Å². The summed E-state index contributed by atoms with van der Waals surface area (Å²) < 4.78 is 5.52. The van der Waals surface area contributed by atoms with E-state index in [2.05, 4.69) is 0 Å². The quantitative estimate of drug-likeness (QED) is 0.794. The topological polar surface area (TPSA) is 55.6 Å². The molecule has 1 aliphatic heterocycles. The Morgan fingerprint density at radius 1 is 1.56 bits per heavy atom. The standard InChI is InChI=1S/C13H17ClN2O2/c1-9-8-16(5-2-6-18-9)13(17)11-7-10(14)3-4-12(11)15/h3-4,7,9H,2,5-6,8,15H2,1H3. The highest BCUT2D eigenvalue weighted by atomic mass is 35.5. The van der Waals surface area contributed by atoms with Crippen molar-refractivity contribution in [3.8, 4) is 0 Å². The van der Waals surface area contributed by atoms with Crippen LogP contribution in [0.25, 0.3) is 0 Å². The first kappa shape index (κ1) is 13.2. The first-order valence-corrected chi connectivity index (χ1v) is 6.41. The molecular formula is C13H17ClN2O2. The van der Waals surface area contributed by atoms with Gasteiger partial charge in [0.05, 0.1) is 11.7 Å². The minimum atomic E-state index is -0.0765. The van der Waals surface area contributed by atoms with Crippen molar-refractivity contribution in [3.05, 3.63) is 28.8 Å². The van der Waals surface area contributed by atoms with E-state index in [1.807, 2.05) is 6.92 Å². The molecule has 1 heterocycles. The summed E-state index contributed by atoms with van der Waals surface area (Å²) in [6, 6.07) is 4.96. The first-order chi connectivity index (χ1) is 8.58. The number of halogens is 1. The van der Waals surface area contributed by atoms with Crippen molar-refractivity contribution in [3.63, 3.8) is 0 Å². The van der Waals surface area contributed by atoms with Gasteiger partial charge in [-0.05, 0) is 31.5 Å². The Hall–Kier alpha value is -1.26. The fourth-order valence-corrected chi connectivity index (χ4v) is 2.23.